The zero-order valence-corrected chi connectivity index (χ0v) is 14.0. The lowest BCUT2D eigenvalue weighted by Gasteiger charge is -2.29. The third kappa shape index (κ3) is 5.34. The molecule has 1 heterocycles. The molecule has 2 rings (SSSR count). The van der Waals surface area contributed by atoms with Gasteiger partial charge in [0, 0.05) is 13.0 Å². The molecule has 1 fully saturated rings. The van der Waals surface area contributed by atoms with Gasteiger partial charge in [0.1, 0.15) is 5.75 Å². The minimum Gasteiger partial charge on any atom is -0.489 e. The highest BCUT2D eigenvalue weighted by Crippen LogP contribution is 2.25. The van der Waals surface area contributed by atoms with Crippen molar-refractivity contribution in [2.45, 2.75) is 46.1 Å². The summed E-state index contributed by atoms with van der Waals surface area (Å²) >= 11 is 0. The van der Waals surface area contributed by atoms with Crippen LogP contribution >= 0.6 is 0 Å². The molecule has 0 saturated carbocycles. The number of para-hydroxylation sites is 2. The molecular weight excluding hydrogens is 276 g/mol. The molecule has 0 spiro atoms. The molecule has 1 aromatic carbocycles. The number of nitrogens with zero attached hydrogens (tertiary/aromatic N) is 1. The predicted molar refractivity (Wildman–Crippen MR) is 90.3 cm³/mol. The number of carbonyl (C=O) groups excluding carboxylic acids is 1. The summed E-state index contributed by atoms with van der Waals surface area (Å²) in [5.74, 6) is 1.61. The minimum absolute atomic E-state index is 0.0541. The van der Waals surface area contributed by atoms with Crippen molar-refractivity contribution in [3.8, 4) is 5.75 Å². The average molecular weight is 304 g/mol. The Morgan fingerprint density at radius 2 is 2.00 bits per heavy atom. The Hall–Kier alpha value is -1.55. The fraction of sp³-hybridized carbons (Fsp3) is 0.611. The number of nitrogens with one attached hydrogen (secondary N) is 1. The molecule has 1 aliphatic heterocycles. The van der Waals surface area contributed by atoms with Crippen molar-refractivity contribution in [3.05, 3.63) is 24.3 Å². The van der Waals surface area contributed by atoms with Gasteiger partial charge in [-0.25, -0.2) is 0 Å². The Morgan fingerprint density at radius 3 is 2.68 bits per heavy atom. The molecule has 0 aromatic heterocycles. The second-order valence-electron chi connectivity index (χ2n) is 6.49. The van der Waals surface area contributed by atoms with E-state index < -0.39 is 0 Å². The number of hydrogen-bond donors (Lipinski definition) is 1. The van der Waals surface area contributed by atoms with Crippen molar-refractivity contribution in [1.29, 1.82) is 0 Å². The van der Waals surface area contributed by atoms with Crippen LogP contribution < -0.4 is 10.1 Å². The van der Waals surface area contributed by atoms with Crippen LogP contribution in [0.2, 0.25) is 0 Å². The minimum atomic E-state index is 0.0541. The Balaban J connectivity index is 1.82. The summed E-state index contributed by atoms with van der Waals surface area (Å²) in [4.78, 5) is 14.5. The van der Waals surface area contributed by atoms with Crippen LogP contribution in [0.15, 0.2) is 24.3 Å². The molecule has 1 saturated heterocycles. The summed E-state index contributed by atoms with van der Waals surface area (Å²) in [5, 5.41) is 2.97. The number of amides is 1. The second-order valence-corrected chi connectivity index (χ2v) is 6.49. The lowest BCUT2D eigenvalue weighted by Crippen LogP contribution is -2.35. The number of rotatable bonds is 6. The van der Waals surface area contributed by atoms with Gasteiger partial charge in [-0.15, -0.1) is 0 Å². The van der Waals surface area contributed by atoms with Crippen LogP contribution in [-0.2, 0) is 4.79 Å². The first-order valence-corrected chi connectivity index (χ1v) is 8.32. The van der Waals surface area contributed by atoms with E-state index in [1.165, 1.54) is 12.8 Å². The first-order valence-electron chi connectivity index (χ1n) is 8.32. The van der Waals surface area contributed by atoms with Gasteiger partial charge in [-0.2, -0.15) is 0 Å². The third-order valence-electron chi connectivity index (χ3n) is 4.06. The number of ether oxygens (including phenoxy) is 1. The van der Waals surface area contributed by atoms with Crippen molar-refractivity contribution in [3.63, 3.8) is 0 Å². The number of anilines is 1. The summed E-state index contributed by atoms with van der Waals surface area (Å²) in [6, 6.07) is 7.61. The van der Waals surface area contributed by atoms with E-state index in [0.717, 1.165) is 37.0 Å². The molecule has 1 aliphatic rings. The SMILES string of the molecule is CC1CCN(CCC(=O)Nc2ccccc2OC(C)C)CC1. The van der Waals surface area contributed by atoms with Crippen LogP contribution in [0.25, 0.3) is 0 Å². The highest BCUT2D eigenvalue weighted by molar-refractivity contribution is 5.92. The maximum Gasteiger partial charge on any atom is 0.225 e. The van der Waals surface area contributed by atoms with Gasteiger partial charge in [0.05, 0.1) is 11.8 Å². The lowest BCUT2D eigenvalue weighted by atomic mass is 9.99. The molecule has 1 aromatic rings. The normalized spacial score (nSPS) is 16.7. The fourth-order valence-electron chi connectivity index (χ4n) is 2.68. The van der Waals surface area contributed by atoms with Crippen LogP contribution in [0.3, 0.4) is 0 Å². The smallest absolute Gasteiger partial charge is 0.225 e. The van der Waals surface area contributed by atoms with Crippen molar-refractivity contribution >= 4 is 11.6 Å². The predicted octanol–water partition coefficient (Wildman–Crippen LogP) is 3.53. The van der Waals surface area contributed by atoms with E-state index in [1.807, 2.05) is 38.1 Å². The summed E-state index contributed by atoms with van der Waals surface area (Å²) in [5.41, 5.74) is 0.758. The topological polar surface area (TPSA) is 41.6 Å². The zero-order valence-electron chi connectivity index (χ0n) is 14.0. The van der Waals surface area contributed by atoms with E-state index in [-0.39, 0.29) is 12.0 Å². The summed E-state index contributed by atoms with van der Waals surface area (Å²) in [6.07, 6.45) is 3.11. The van der Waals surface area contributed by atoms with Crippen molar-refractivity contribution < 1.29 is 9.53 Å². The number of hydrogen-bond acceptors (Lipinski definition) is 3. The molecule has 0 bridgehead atoms. The second kappa shape index (κ2) is 8.18. The molecule has 0 aliphatic carbocycles. The zero-order chi connectivity index (χ0) is 15.9. The van der Waals surface area contributed by atoms with Crippen molar-refractivity contribution in [2.75, 3.05) is 25.0 Å². The number of carbonyl (C=O) groups is 1. The van der Waals surface area contributed by atoms with Gasteiger partial charge in [0.25, 0.3) is 0 Å². The molecule has 122 valence electrons. The first kappa shape index (κ1) is 16.8. The Bertz CT molecular complexity index is 480. The monoisotopic (exact) mass is 304 g/mol. The van der Waals surface area contributed by atoms with Crippen LogP contribution in [0.1, 0.15) is 40.0 Å². The molecular formula is C18H28N2O2. The quantitative estimate of drug-likeness (QED) is 0.874. The van der Waals surface area contributed by atoms with Crippen molar-refractivity contribution in [2.24, 2.45) is 5.92 Å². The van der Waals surface area contributed by atoms with Crippen LogP contribution in [0, 0.1) is 5.92 Å². The highest BCUT2D eigenvalue weighted by Gasteiger charge is 2.16. The Labute approximate surface area is 133 Å². The standard InChI is InChI=1S/C18H28N2O2/c1-14(2)22-17-7-5-4-6-16(17)19-18(21)10-13-20-11-8-15(3)9-12-20/h4-7,14-15H,8-13H2,1-3H3,(H,19,21). The molecule has 22 heavy (non-hydrogen) atoms. The van der Waals surface area contributed by atoms with Crippen LogP contribution in [-0.4, -0.2) is 36.5 Å². The van der Waals surface area contributed by atoms with E-state index in [4.69, 9.17) is 4.74 Å². The van der Waals surface area contributed by atoms with E-state index >= 15 is 0 Å². The number of piperidine rings is 1. The van der Waals surface area contributed by atoms with Gasteiger partial charge in [0.2, 0.25) is 5.91 Å². The molecule has 0 unspecified atom stereocenters. The maximum absolute atomic E-state index is 12.2. The Kier molecular flexibility index (Phi) is 6.25. The number of benzene rings is 1. The molecule has 1 amide bonds. The van der Waals surface area contributed by atoms with E-state index in [1.54, 1.807) is 0 Å². The summed E-state index contributed by atoms with van der Waals surface area (Å²) < 4.78 is 5.73. The fourth-order valence-corrected chi connectivity index (χ4v) is 2.68. The van der Waals surface area contributed by atoms with Crippen LogP contribution in [0.5, 0.6) is 5.75 Å². The van der Waals surface area contributed by atoms with E-state index in [0.29, 0.717) is 6.42 Å². The van der Waals surface area contributed by atoms with Crippen molar-refractivity contribution in [1.82, 2.24) is 4.90 Å². The first-order chi connectivity index (χ1) is 10.5. The average Bonchev–Trinajstić information content (AvgIpc) is 2.48. The van der Waals surface area contributed by atoms with Gasteiger partial charge in [-0.3, -0.25) is 4.79 Å². The van der Waals surface area contributed by atoms with Crippen LogP contribution in [0.4, 0.5) is 5.69 Å². The van der Waals surface area contributed by atoms with Gasteiger partial charge in [0.15, 0.2) is 0 Å². The summed E-state index contributed by atoms with van der Waals surface area (Å²) in [7, 11) is 0. The largest absolute Gasteiger partial charge is 0.489 e. The molecule has 4 nitrogen and oxygen atoms in total. The van der Waals surface area contributed by atoms with Gasteiger partial charge in [-0.1, -0.05) is 19.1 Å². The third-order valence-corrected chi connectivity index (χ3v) is 4.06. The Morgan fingerprint density at radius 1 is 1.32 bits per heavy atom. The lowest BCUT2D eigenvalue weighted by molar-refractivity contribution is -0.116. The van der Waals surface area contributed by atoms with E-state index in [9.17, 15) is 4.79 Å². The van der Waals surface area contributed by atoms with Gasteiger partial charge < -0.3 is 15.0 Å². The van der Waals surface area contributed by atoms with Gasteiger partial charge in [-0.05, 0) is 57.8 Å². The van der Waals surface area contributed by atoms with E-state index in [2.05, 4.69) is 17.1 Å². The molecule has 1 N–H and O–H groups in total. The molecule has 0 atom stereocenters. The number of likely N-dealkylation sites (tertiary alicyclic amines) is 1. The van der Waals surface area contributed by atoms with Gasteiger partial charge >= 0.3 is 0 Å². The summed E-state index contributed by atoms with van der Waals surface area (Å²) in [6.45, 7) is 9.33. The maximum atomic E-state index is 12.2. The highest BCUT2D eigenvalue weighted by atomic mass is 16.5. The molecule has 4 heteroatoms. The molecule has 0 radical (unpaired) electrons.